The minimum Gasteiger partial charge on any atom is -0.486 e. The molecule has 0 saturated heterocycles. The first-order chi connectivity index (χ1) is 8.34. The number of carbonyl (C=O) groups is 1. The first kappa shape index (κ1) is 14.8. The number of rotatable bonds is 5. The van der Waals surface area contributed by atoms with Crippen LogP contribution in [0.5, 0.6) is 5.75 Å². The topological polar surface area (TPSA) is 38.3 Å². The Hall–Kier alpha value is -1.22. The van der Waals surface area contributed by atoms with Crippen LogP contribution in [0.4, 0.5) is 5.69 Å². The third-order valence-electron chi connectivity index (χ3n) is 2.49. The molecule has 0 saturated carbocycles. The maximum Gasteiger partial charge on any atom is 0.221 e. The largest absolute Gasteiger partial charge is 0.486 e. The molecular weight excluding hydrogens is 250 g/mol. The number of hydrogen-bond acceptors (Lipinski definition) is 2. The minimum atomic E-state index is -0.242. The number of ether oxygens (including phenoxy) is 1. The molecule has 1 aromatic carbocycles. The predicted molar refractivity (Wildman–Crippen MR) is 75.4 cm³/mol. The van der Waals surface area contributed by atoms with Gasteiger partial charge in [0.15, 0.2) is 0 Å². The number of halogens is 1. The number of amides is 1. The van der Waals surface area contributed by atoms with Gasteiger partial charge in [0.1, 0.15) is 11.4 Å². The van der Waals surface area contributed by atoms with E-state index in [0.29, 0.717) is 16.5 Å². The van der Waals surface area contributed by atoms with Crippen molar-refractivity contribution >= 4 is 23.2 Å². The summed E-state index contributed by atoms with van der Waals surface area (Å²) in [6.07, 6.45) is 2.01. The molecule has 100 valence electrons. The maximum absolute atomic E-state index is 10.9. The van der Waals surface area contributed by atoms with Gasteiger partial charge in [-0.05, 0) is 38.5 Å². The third kappa shape index (κ3) is 4.57. The number of carbonyl (C=O) groups excluding carboxylic acids is 1. The van der Waals surface area contributed by atoms with Gasteiger partial charge in [-0.3, -0.25) is 4.79 Å². The van der Waals surface area contributed by atoms with E-state index in [4.69, 9.17) is 16.3 Å². The lowest BCUT2D eigenvalue weighted by Gasteiger charge is -2.26. The van der Waals surface area contributed by atoms with Crippen LogP contribution in [0.15, 0.2) is 18.2 Å². The SMILES string of the molecule is CCCC(C)(C)Oc1ccc(NC(C)=O)cc1Cl. The molecule has 1 amide bonds. The summed E-state index contributed by atoms with van der Waals surface area (Å²) < 4.78 is 5.89. The smallest absolute Gasteiger partial charge is 0.221 e. The fraction of sp³-hybridized carbons (Fsp3) is 0.500. The Morgan fingerprint density at radius 2 is 2.11 bits per heavy atom. The van der Waals surface area contributed by atoms with Crippen molar-refractivity contribution in [2.24, 2.45) is 0 Å². The summed E-state index contributed by atoms with van der Waals surface area (Å²) in [4.78, 5) is 10.9. The van der Waals surface area contributed by atoms with Crippen LogP contribution in [0.3, 0.4) is 0 Å². The van der Waals surface area contributed by atoms with Crippen LogP contribution >= 0.6 is 11.6 Å². The van der Waals surface area contributed by atoms with E-state index in [1.807, 2.05) is 13.8 Å². The molecular formula is C14H20ClNO2. The molecule has 0 fully saturated rings. The monoisotopic (exact) mass is 269 g/mol. The van der Waals surface area contributed by atoms with Gasteiger partial charge < -0.3 is 10.1 Å². The van der Waals surface area contributed by atoms with Crippen LogP contribution < -0.4 is 10.1 Å². The zero-order valence-electron chi connectivity index (χ0n) is 11.3. The minimum absolute atomic E-state index is 0.119. The second-order valence-electron chi connectivity index (χ2n) is 4.94. The van der Waals surface area contributed by atoms with Gasteiger partial charge >= 0.3 is 0 Å². The van der Waals surface area contributed by atoms with E-state index in [2.05, 4.69) is 12.2 Å². The van der Waals surface area contributed by atoms with Crippen molar-refractivity contribution in [1.29, 1.82) is 0 Å². The highest BCUT2D eigenvalue weighted by atomic mass is 35.5. The molecule has 0 aromatic heterocycles. The first-order valence-electron chi connectivity index (χ1n) is 6.10. The lowest BCUT2D eigenvalue weighted by Crippen LogP contribution is -2.27. The van der Waals surface area contributed by atoms with E-state index in [1.165, 1.54) is 6.92 Å². The second-order valence-corrected chi connectivity index (χ2v) is 5.35. The van der Waals surface area contributed by atoms with Crippen molar-refractivity contribution in [3.8, 4) is 5.75 Å². The molecule has 0 aliphatic rings. The van der Waals surface area contributed by atoms with Crippen molar-refractivity contribution in [3.63, 3.8) is 0 Å². The molecule has 1 N–H and O–H groups in total. The first-order valence-corrected chi connectivity index (χ1v) is 6.48. The highest BCUT2D eigenvalue weighted by molar-refractivity contribution is 6.32. The maximum atomic E-state index is 10.9. The molecule has 0 radical (unpaired) electrons. The van der Waals surface area contributed by atoms with Crippen molar-refractivity contribution in [2.45, 2.75) is 46.1 Å². The lowest BCUT2D eigenvalue weighted by molar-refractivity contribution is -0.114. The fourth-order valence-corrected chi connectivity index (χ4v) is 2.03. The summed E-state index contributed by atoms with van der Waals surface area (Å²) in [5.74, 6) is 0.523. The number of anilines is 1. The summed E-state index contributed by atoms with van der Waals surface area (Å²) in [6, 6.07) is 5.26. The number of hydrogen-bond donors (Lipinski definition) is 1. The van der Waals surface area contributed by atoms with Crippen LogP contribution in [0.25, 0.3) is 0 Å². The van der Waals surface area contributed by atoms with E-state index in [9.17, 15) is 4.79 Å². The molecule has 0 bridgehead atoms. The Kier molecular flexibility index (Phi) is 5.03. The van der Waals surface area contributed by atoms with Crippen LogP contribution in [-0.2, 0) is 4.79 Å². The van der Waals surface area contributed by atoms with Crippen LogP contribution in [0, 0.1) is 0 Å². The number of benzene rings is 1. The standard InChI is InChI=1S/C14H20ClNO2/c1-5-8-14(3,4)18-13-7-6-11(9-12(13)15)16-10(2)17/h6-7,9H,5,8H2,1-4H3,(H,16,17). The molecule has 4 heteroatoms. The Labute approximate surface area is 113 Å². The summed E-state index contributed by atoms with van der Waals surface area (Å²) in [7, 11) is 0. The molecule has 18 heavy (non-hydrogen) atoms. The van der Waals surface area contributed by atoms with Gasteiger partial charge in [-0.1, -0.05) is 24.9 Å². The molecule has 1 rings (SSSR count). The highest BCUT2D eigenvalue weighted by Crippen LogP contribution is 2.31. The molecule has 0 spiro atoms. The Bertz CT molecular complexity index is 430. The average molecular weight is 270 g/mol. The van der Waals surface area contributed by atoms with Gasteiger partial charge in [0.05, 0.1) is 5.02 Å². The van der Waals surface area contributed by atoms with Gasteiger partial charge in [-0.25, -0.2) is 0 Å². The summed E-state index contributed by atoms with van der Waals surface area (Å²) in [6.45, 7) is 7.65. The highest BCUT2D eigenvalue weighted by Gasteiger charge is 2.19. The van der Waals surface area contributed by atoms with Gasteiger partial charge in [-0.15, -0.1) is 0 Å². The Morgan fingerprint density at radius 1 is 1.44 bits per heavy atom. The van der Waals surface area contributed by atoms with Crippen molar-refractivity contribution in [2.75, 3.05) is 5.32 Å². The summed E-state index contributed by atoms with van der Waals surface area (Å²) in [5.41, 5.74) is 0.432. The van der Waals surface area contributed by atoms with E-state index in [1.54, 1.807) is 18.2 Å². The summed E-state index contributed by atoms with van der Waals surface area (Å²) >= 11 is 6.14. The normalized spacial score (nSPS) is 11.2. The van der Waals surface area contributed by atoms with E-state index in [-0.39, 0.29) is 11.5 Å². The van der Waals surface area contributed by atoms with Crippen LogP contribution in [-0.4, -0.2) is 11.5 Å². The van der Waals surface area contributed by atoms with Crippen molar-refractivity contribution in [3.05, 3.63) is 23.2 Å². The van der Waals surface area contributed by atoms with E-state index in [0.717, 1.165) is 12.8 Å². The second kappa shape index (κ2) is 6.10. The molecule has 0 aliphatic heterocycles. The molecule has 1 aromatic rings. The van der Waals surface area contributed by atoms with E-state index < -0.39 is 0 Å². The zero-order valence-corrected chi connectivity index (χ0v) is 12.1. The number of nitrogens with one attached hydrogen (secondary N) is 1. The van der Waals surface area contributed by atoms with Crippen molar-refractivity contribution in [1.82, 2.24) is 0 Å². The van der Waals surface area contributed by atoms with Gasteiger partial charge in [0, 0.05) is 12.6 Å². The Morgan fingerprint density at radius 3 is 2.61 bits per heavy atom. The molecule has 0 heterocycles. The summed E-state index contributed by atoms with van der Waals surface area (Å²) in [5, 5.41) is 3.19. The fourth-order valence-electron chi connectivity index (χ4n) is 1.82. The average Bonchev–Trinajstić information content (AvgIpc) is 2.21. The molecule has 0 unspecified atom stereocenters. The van der Waals surface area contributed by atoms with Gasteiger partial charge in [0.25, 0.3) is 0 Å². The quantitative estimate of drug-likeness (QED) is 0.867. The van der Waals surface area contributed by atoms with Crippen molar-refractivity contribution < 1.29 is 9.53 Å². The molecule has 0 atom stereocenters. The lowest BCUT2D eigenvalue weighted by atomic mass is 10.0. The Balaban J connectivity index is 2.82. The van der Waals surface area contributed by atoms with Gasteiger partial charge in [0.2, 0.25) is 5.91 Å². The van der Waals surface area contributed by atoms with Gasteiger partial charge in [-0.2, -0.15) is 0 Å². The molecule has 3 nitrogen and oxygen atoms in total. The third-order valence-corrected chi connectivity index (χ3v) is 2.79. The molecule has 0 aliphatic carbocycles. The zero-order chi connectivity index (χ0) is 13.8. The van der Waals surface area contributed by atoms with E-state index >= 15 is 0 Å². The van der Waals surface area contributed by atoms with Crippen LogP contribution in [0.2, 0.25) is 5.02 Å². The van der Waals surface area contributed by atoms with Crippen LogP contribution in [0.1, 0.15) is 40.5 Å². The predicted octanol–water partition coefficient (Wildman–Crippen LogP) is 4.26.